The fraction of sp³-hybridized carbons (Fsp3) is 0.267. The summed E-state index contributed by atoms with van der Waals surface area (Å²) in [6, 6.07) is 9.74. The number of anilines is 2. The number of carbonyl (C=O) groups excluding carboxylic acids is 1. The second-order valence-corrected chi connectivity index (χ2v) is 5.05. The van der Waals surface area contributed by atoms with Crippen LogP contribution in [0.3, 0.4) is 0 Å². The van der Waals surface area contributed by atoms with Crippen LogP contribution in [0.15, 0.2) is 30.3 Å². The average Bonchev–Trinajstić information content (AvgIpc) is 3.22. The van der Waals surface area contributed by atoms with E-state index >= 15 is 0 Å². The lowest BCUT2D eigenvalue weighted by Crippen LogP contribution is -2.06. The number of hydrogen-bond acceptors (Lipinski definition) is 5. The van der Waals surface area contributed by atoms with Crippen molar-refractivity contribution in [2.75, 3.05) is 11.1 Å². The molecule has 102 valence electrons. The molecule has 0 saturated heterocycles. The Hall–Kier alpha value is -2.43. The lowest BCUT2D eigenvalue weighted by Gasteiger charge is -2.08. The van der Waals surface area contributed by atoms with Gasteiger partial charge in [0.2, 0.25) is 5.95 Å². The minimum Gasteiger partial charge on any atom is -0.368 e. The summed E-state index contributed by atoms with van der Waals surface area (Å²) in [4.78, 5) is 19.9. The largest absolute Gasteiger partial charge is 0.368 e. The van der Waals surface area contributed by atoms with Crippen LogP contribution < -0.4 is 11.1 Å². The van der Waals surface area contributed by atoms with Crippen LogP contribution in [0.2, 0.25) is 0 Å². The summed E-state index contributed by atoms with van der Waals surface area (Å²) >= 11 is 0. The quantitative estimate of drug-likeness (QED) is 0.833. The van der Waals surface area contributed by atoms with Gasteiger partial charge in [0.15, 0.2) is 5.78 Å². The Morgan fingerprint density at radius 2 is 2.10 bits per heavy atom. The first-order chi connectivity index (χ1) is 9.61. The number of rotatable bonds is 4. The molecule has 0 spiro atoms. The van der Waals surface area contributed by atoms with Crippen molar-refractivity contribution >= 4 is 17.5 Å². The Labute approximate surface area is 117 Å². The molecule has 1 heterocycles. The average molecular weight is 268 g/mol. The van der Waals surface area contributed by atoms with Crippen LogP contribution in [0.5, 0.6) is 0 Å². The number of nitrogens with two attached hydrogens (primary N) is 1. The zero-order valence-corrected chi connectivity index (χ0v) is 11.3. The second kappa shape index (κ2) is 4.92. The third kappa shape index (κ3) is 2.77. The molecule has 1 aliphatic carbocycles. The van der Waals surface area contributed by atoms with Gasteiger partial charge in [-0.05, 0) is 25.8 Å². The molecule has 1 aromatic heterocycles. The molecule has 1 fully saturated rings. The first kappa shape index (κ1) is 12.6. The topological polar surface area (TPSA) is 80.9 Å². The standard InChI is InChI=1S/C15H16N4O/c1-9(20)10-3-2-4-11(7-10)13-8-14(17-12-5-6-12)19-15(16)18-13/h2-4,7-8,12H,5-6H2,1H3,(H3,16,17,18,19). The number of ketones is 1. The number of nitrogens with zero attached hydrogens (tertiary/aromatic N) is 2. The van der Waals surface area contributed by atoms with Crippen molar-refractivity contribution in [3.05, 3.63) is 35.9 Å². The van der Waals surface area contributed by atoms with E-state index in [9.17, 15) is 4.79 Å². The van der Waals surface area contributed by atoms with Gasteiger partial charge in [-0.3, -0.25) is 4.79 Å². The number of nitrogen functional groups attached to an aromatic ring is 1. The monoisotopic (exact) mass is 268 g/mol. The van der Waals surface area contributed by atoms with E-state index in [0.717, 1.165) is 17.1 Å². The summed E-state index contributed by atoms with van der Waals surface area (Å²) in [5.41, 5.74) is 8.02. The van der Waals surface area contributed by atoms with Gasteiger partial charge in [-0.15, -0.1) is 0 Å². The van der Waals surface area contributed by atoms with E-state index in [0.29, 0.717) is 11.6 Å². The van der Waals surface area contributed by atoms with Gasteiger partial charge in [-0.2, -0.15) is 4.98 Å². The lowest BCUT2D eigenvalue weighted by atomic mass is 10.1. The molecule has 0 atom stereocenters. The van der Waals surface area contributed by atoms with Crippen molar-refractivity contribution in [3.63, 3.8) is 0 Å². The molecule has 3 rings (SSSR count). The molecular weight excluding hydrogens is 252 g/mol. The van der Waals surface area contributed by atoms with E-state index in [1.165, 1.54) is 12.8 Å². The van der Waals surface area contributed by atoms with Crippen LogP contribution in [0.1, 0.15) is 30.1 Å². The molecule has 5 heteroatoms. The number of hydrogen-bond donors (Lipinski definition) is 2. The molecule has 1 aromatic carbocycles. The summed E-state index contributed by atoms with van der Waals surface area (Å²) < 4.78 is 0. The van der Waals surface area contributed by atoms with Crippen LogP contribution in [0, 0.1) is 0 Å². The predicted octanol–water partition coefficient (Wildman–Crippen LogP) is 2.50. The van der Waals surface area contributed by atoms with E-state index in [1.54, 1.807) is 13.0 Å². The molecule has 0 bridgehead atoms. The third-order valence-electron chi connectivity index (χ3n) is 3.24. The summed E-state index contributed by atoms with van der Waals surface area (Å²) in [6.07, 6.45) is 2.33. The van der Waals surface area contributed by atoms with E-state index in [-0.39, 0.29) is 11.7 Å². The van der Waals surface area contributed by atoms with Gasteiger partial charge in [0.05, 0.1) is 5.69 Å². The highest BCUT2D eigenvalue weighted by molar-refractivity contribution is 5.95. The van der Waals surface area contributed by atoms with Crippen LogP contribution in [0.25, 0.3) is 11.3 Å². The van der Waals surface area contributed by atoms with Crippen molar-refractivity contribution in [1.29, 1.82) is 0 Å². The minimum absolute atomic E-state index is 0.0326. The van der Waals surface area contributed by atoms with Gasteiger partial charge in [-0.25, -0.2) is 4.98 Å². The molecule has 5 nitrogen and oxygen atoms in total. The Bertz CT molecular complexity index is 665. The van der Waals surface area contributed by atoms with Crippen molar-refractivity contribution in [2.24, 2.45) is 0 Å². The predicted molar refractivity (Wildman–Crippen MR) is 78.5 cm³/mol. The van der Waals surface area contributed by atoms with E-state index in [2.05, 4.69) is 15.3 Å². The van der Waals surface area contributed by atoms with Crippen LogP contribution in [-0.2, 0) is 0 Å². The van der Waals surface area contributed by atoms with Crippen LogP contribution >= 0.6 is 0 Å². The maximum Gasteiger partial charge on any atom is 0.222 e. The van der Waals surface area contributed by atoms with E-state index in [1.807, 2.05) is 24.3 Å². The number of Topliss-reactive ketones (excluding diaryl/α,β-unsaturated/α-hetero) is 1. The van der Waals surface area contributed by atoms with E-state index < -0.39 is 0 Å². The number of benzene rings is 1. The molecule has 0 amide bonds. The Balaban J connectivity index is 1.97. The van der Waals surface area contributed by atoms with Gasteiger partial charge in [-0.1, -0.05) is 18.2 Å². The SMILES string of the molecule is CC(=O)c1cccc(-c2cc(NC3CC3)nc(N)n2)c1. The summed E-state index contributed by atoms with van der Waals surface area (Å²) in [6.45, 7) is 1.55. The van der Waals surface area contributed by atoms with Crippen LogP contribution in [0.4, 0.5) is 11.8 Å². The Morgan fingerprint density at radius 3 is 2.80 bits per heavy atom. The van der Waals surface area contributed by atoms with Gasteiger partial charge >= 0.3 is 0 Å². The minimum atomic E-state index is 0.0326. The highest BCUT2D eigenvalue weighted by atomic mass is 16.1. The Morgan fingerprint density at radius 1 is 1.30 bits per heavy atom. The van der Waals surface area contributed by atoms with Crippen LogP contribution in [-0.4, -0.2) is 21.8 Å². The zero-order valence-electron chi connectivity index (χ0n) is 11.3. The lowest BCUT2D eigenvalue weighted by molar-refractivity contribution is 0.101. The maximum atomic E-state index is 11.4. The van der Waals surface area contributed by atoms with Crippen molar-refractivity contribution in [3.8, 4) is 11.3 Å². The molecule has 1 saturated carbocycles. The van der Waals surface area contributed by atoms with E-state index in [4.69, 9.17) is 5.73 Å². The first-order valence-corrected chi connectivity index (χ1v) is 6.64. The van der Waals surface area contributed by atoms with Gasteiger partial charge in [0.1, 0.15) is 5.82 Å². The Kier molecular flexibility index (Phi) is 3.10. The summed E-state index contributed by atoms with van der Waals surface area (Å²) in [7, 11) is 0. The molecule has 3 N–H and O–H groups in total. The maximum absolute atomic E-state index is 11.4. The van der Waals surface area contributed by atoms with Gasteiger partial charge in [0, 0.05) is 23.2 Å². The number of aromatic nitrogens is 2. The first-order valence-electron chi connectivity index (χ1n) is 6.64. The van der Waals surface area contributed by atoms with Gasteiger partial charge < -0.3 is 11.1 Å². The highest BCUT2D eigenvalue weighted by Crippen LogP contribution is 2.27. The second-order valence-electron chi connectivity index (χ2n) is 5.05. The smallest absolute Gasteiger partial charge is 0.222 e. The number of carbonyl (C=O) groups is 1. The fourth-order valence-corrected chi connectivity index (χ4v) is 2.02. The highest BCUT2D eigenvalue weighted by Gasteiger charge is 2.21. The van der Waals surface area contributed by atoms with Crippen molar-refractivity contribution < 1.29 is 4.79 Å². The molecule has 0 aliphatic heterocycles. The fourth-order valence-electron chi connectivity index (χ4n) is 2.02. The van der Waals surface area contributed by atoms with Gasteiger partial charge in [0.25, 0.3) is 0 Å². The van der Waals surface area contributed by atoms with Crippen molar-refractivity contribution in [2.45, 2.75) is 25.8 Å². The summed E-state index contributed by atoms with van der Waals surface area (Å²) in [5.74, 6) is 1.01. The zero-order chi connectivity index (χ0) is 14.1. The molecule has 0 radical (unpaired) electrons. The van der Waals surface area contributed by atoms with Crippen molar-refractivity contribution in [1.82, 2.24) is 9.97 Å². The summed E-state index contributed by atoms with van der Waals surface area (Å²) in [5, 5.41) is 3.31. The number of nitrogens with one attached hydrogen (secondary N) is 1. The molecular formula is C15H16N4O. The molecule has 20 heavy (non-hydrogen) atoms. The normalized spacial score (nSPS) is 14.1. The third-order valence-corrected chi connectivity index (χ3v) is 3.24. The molecule has 1 aliphatic rings. The molecule has 0 unspecified atom stereocenters. The molecule has 2 aromatic rings.